The second-order valence-corrected chi connectivity index (χ2v) is 5.17. The summed E-state index contributed by atoms with van der Waals surface area (Å²) in [6, 6.07) is 11.1. The maximum atomic E-state index is 12.8. The molecular weight excluding hydrogens is 292 g/mol. The van der Waals surface area contributed by atoms with Crippen molar-refractivity contribution in [2.75, 3.05) is 7.05 Å². The Morgan fingerprint density at radius 1 is 1.22 bits per heavy atom. The lowest BCUT2D eigenvalue weighted by molar-refractivity contribution is 0.0739. The van der Waals surface area contributed by atoms with E-state index in [-0.39, 0.29) is 11.9 Å². The molecule has 0 bridgehead atoms. The van der Waals surface area contributed by atoms with Gasteiger partial charge >= 0.3 is 0 Å². The number of hydrogen-bond donors (Lipinski definition) is 0. The third-order valence-corrected chi connectivity index (χ3v) is 3.78. The van der Waals surface area contributed by atoms with Crippen molar-refractivity contribution in [1.29, 1.82) is 0 Å². The summed E-state index contributed by atoms with van der Waals surface area (Å²) >= 11 is 0. The van der Waals surface area contributed by atoms with Crippen LogP contribution in [-0.4, -0.2) is 33.0 Å². The van der Waals surface area contributed by atoms with Gasteiger partial charge in [-0.1, -0.05) is 35.5 Å². The summed E-state index contributed by atoms with van der Waals surface area (Å²) < 4.78 is 5.03. The zero-order chi connectivity index (χ0) is 16.2. The van der Waals surface area contributed by atoms with Crippen molar-refractivity contribution >= 4 is 5.91 Å². The molecule has 6 nitrogen and oxygen atoms in total. The lowest BCUT2D eigenvalue weighted by Gasteiger charge is -2.24. The molecule has 0 radical (unpaired) electrons. The van der Waals surface area contributed by atoms with Gasteiger partial charge in [-0.05, 0) is 13.0 Å². The first kappa shape index (κ1) is 14.9. The van der Waals surface area contributed by atoms with Crippen molar-refractivity contribution in [2.24, 2.45) is 0 Å². The van der Waals surface area contributed by atoms with Gasteiger partial charge in [0.1, 0.15) is 23.8 Å². The van der Waals surface area contributed by atoms with Crippen LogP contribution in [0, 0.1) is 0 Å². The van der Waals surface area contributed by atoms with E-state index in [1.165, 1.54) is 12.6 Å². The number of carbonyl (C=O) groups is 1. The SMILES string of the molecule is C[C@@H](c1ccncn1)N(C)C(=O)c1conc1-c1ccccc1. The molecule has 2 aromatic heterocycles. The molecule has 0 unspecified atom stereocenters. The summed E-state index contributed by atoms with van der Waals surface area (Å²) in [7, 11) is 1.73. The maximum Gasteiger partial charge on any atom is 0.259 e. The highest BCUT2D eigenvalue weighted by atomic mass is 16.5. The predicted octanol–water partition coefficient (Wildman–Crippen LogP) is 2.96. The van der Waals surface area contributed by atoms with Gasteiger partial charge in [-0.2, -0.15) is 0 Å². The molecule has 116 valence electrons. The highest BCUT2D eigenvalue weighted by Gasteiger charge is 2.24. The minimum absolute atomic E-state index is 0.170. The zero-order valence-corrected chi connectivity index (χ0v) is 12.9. The number of aromatic nitrogens is 3. The monoisotopic (exact) mass is 308 g/mol. The maximum absolute atomic E-state index is 12.8. The molecule has 0 aliphatic heterocycles. The molecule has 0 saturated carbocycles. The highest BCUT2D eigenvalue weighted by Crippen LogP contribution is 2.25. The summed E-state index contributed by atoms with van der Waals surface area (Å²) in [4.78, 5) is 22.5. The first-order valence-corrected chi connectivity index (χ1v) is 7.21. The predicted molar refractivity (Wildman–Crippen MR) is 84.5 cm³/mol. The molecule has 0 N–H and O–H groups in total. The Morgan fingerprint density at radius 3 is 2.70 bits per heavy atom. The molecule has 0 fully saturated rings. The summed E-state index contributed by atoms with van der Waals surface area (Å²) in [5.41, 5.74) is 2.58. The number of benzene rings is 1. The van der Waals surface area contributed by atoms with Gasteiger partial charge in [-0.25, -0.2) is 9.97 Å². The van der Waals surface area contributed by atoms with E-state index < -0.39 is 0 Å². The van der Waals surface area contributed by atoms with E-state index in [2.05, 4.69) is 15.1 Å². The Labute approximate surface area is 133 Å². The Bertz CT molecular complexity index is 787. The third kappa shape index (κ3) is 2.96. The van der Waals surface area contributed by atoms with E-state index in [0.29, 0.717) is 11.3 Å². The van der Waals surface area contributed by atoms with Crippen LogP contribution < -0.4 is 0 Å². The average Bonchev–Trinajstić information content (AvgIpc) is 3.11. The number of nitrogens with zero attached hydrogens (tertiary/aromatic N) is 4. The number of amides is 1. The topological polar surface area (TPSA) is 72.1 Å². The first-order chi connectivity index (χ1) is 11.2. The second-order valence-electron chi connectivity index (χ2n) is 5.17. The minimum atomic E-state index is -0.191. The van der Waals surface area contributed by atoms with Crippen LogP contribution in [0.15, 0.2) is 59.7 Å². The van der Waals surface area contributed by atoms with Crippen LogP contribution in [0.1, 0.15) is 29.0 Å². The molecule has 1 amide bonds. The van der Waals surface area contributed by atoms with Crippen molar-refractivity contribution in [1.82, 2.24) is 20.0 Å². The van der Waals surface area contributed by atoms with Crippen LogP contribution in [0.4, 0.5) is 0 Å². The van der Waals surface area contributed by atoms with E-state index in [1.807, 2.05) is 37.3 Å². The molecule has 0 saturated heterocycles. The van der Waals surface area contributed by atoms with E-state index >= 15 is 0 Å². The van der Waals surface area contributed by atoms with E-state index in [4.69, 9.17) is 4.52 Å². The Hall–Kier alpha value is -3.02. The van der Waals surface area contributed by atoms with E-state index in [0.717, 1.165) is 11.3 Å². The molecule has 3 rings (SSSR count). The summed E-state index contributed by atoms with van der Waals surface area (Å²) in [6.45, 7) is 1.91. The van der Waals surface area contributed by atoms with E-state index in [1.54, 1.807) is 24.2 Å². The largest absolute Gasteiger partial charge is 0.363 e. The average molecular weight is 308 g/mol. The smallest absolute Gasteiger partial charge is 0.259 e. The quantitative estimate of drug-likeness (QED) is 0.741. The number of rotatable bonds is 4. The molecular formula is C17H16N4O2. The fourth-order valence-corrected chi connectivity index (χ4v) is 2.31. The molecule has 0 spiro atoms. The fraction of sp³-hybridized carbons (Fsp3) is 0.176. The van der Waals surface area contributed by atoms with Crippen molar-refractivity contribution < 1.29 is 9.32 Å². The van der Waals surface area contributed by atoms with Crippen molar-refractivity contribution in [3.63, 3.8) is 0 Å². The van der Waals surface area contributed by atoms with Crippen LogP contribution in [0.25, 0.3) is 11.3 Å². The van der Waals surface area contributed by atoms with Crippen LogP contribution in [-0.2, 0) is 0 Å². The normalized spacial score (nSPS) is 11.9. The lowest BCUT2D eigenvalue weighted by atomic mass is 10.1. The van der Waals surface area contributed by atoms with Crippen LogP contribution in [0.2, 0.25) is 0 Å². The van der Waals surface area contributed by atoms with Crippen molar-refractivity contribution in [3.8, 4) is 11.3 Å². The Kier molecular flexibility index (Phi) is 4.14. The highest BCUT2D eigenvalue weighted by molar-refractivity contribution is 5.99. The molecule has 1 atom stereocenters. The second kappa shape index (κ2) is 6.39. The standard InChI is InChI=1S/C17H16N4O2/c1-12(15-8-9-18-11-19-15)21(2)17(22)14-10-23-20-16(14)13-6-4-3-5-7-13/h3-12H,1-2H3/t12-/m0/s1. The van der Waals surface area contributed by atoms with Gasteiger partial charge in [0.05, 0.1) is 11.7 Å². The fourth-order valence-electron chi connectivity index (χ4n) is 2.31. The zero-order valence-electron chi connectivity index (χ0n) is 12.9. The van der Waals surface area contributed by atoms with Crippen LogP contribution in [0.3, 0.4) is 0 Å². The van der Waals surface area contributed by atoms with Gasteiger partial charge < -0.3 is 9.42 Å². The lowest BCUT2D eigenvalue weighted by Crippen LogP contribution is -2.30. The van der Waals surface area contributed by atoms with Crippen molar-refractivity contribution in [2.45, 2.75) is 13.0 Å². The van der Waals surface area contributed by atoms with Crippen LogP contribution in [0.5, 0.6) is 0 Å². The molecule has 0 aliphatic rings. The molecule has 23 heavy (non-hydrogen) atoms. The molecule has 0 aliphatic carbocycles. The van der Waals surface area contributed by atoms with Crippen molar-refractivity contribution in [3.05, 3.63) is 66.4 Å². The summed E-state index contributed by atoms with van der Waals surface area (Å²) in [5, 5.41) is 3.97. The minimum Gasteiger partial charge on any atom is -0.363 e. The van der Waals surface area contributed by atoms with Gasteiger partial charge in [-0.15, -0.1) is 0 Å². The van der Waals surface area contributed by atoms with Gasteiger partial charge in [0.15, 0.2) is 0 Å². The Morgan fingerprint density at radius 2 is 2.00 bits per heavy atom. The van der Waals surface area contributed by atoms with Gasteiger partial charge in [0.25, 0.3) is 5.91 Å². The van der Waals surface area contributed by atoms with Crippen LogP contribution >= 0.6 is 0 Å². The third-order valence-electron chi connectivity index (χ3n) is 3.78. The summed E-state index contributed by atoms with van der Waals surface area (Å²) in [5.74, 6) is -0.170. The molecule has 1 aromatic carbocycles. The Balaban J connectivity index is 1.88. The van der Waals surface area contributed by atoms with Gasteiger partial charge in [-0.3, -0.25) is 4.79 Å². The van der Waals surface area contributed by atoms with Gasteiger partial charge in [0.2, 0.25) is 0 Å². The first-order valence-electron chi connectivity index (χ1n) is 7.21. The molecule has 2 heterocycles. The number of hydrogen-bond acceptors (Lipinski definition) is 5. The summed E-state index contributed by atoms with van der Waals surface area (Å²) in [6.07, 6.45) is 4.51. The number of carbonyl (C=O) groups excluding carboxylic acids is 1. The molecule has 3 aromatic rings. The van der Waals surface area contributed by atoms with Gasteiger partial charge in [0, 0.05) is 18.8 Å². The molecule has 6 heteroatoms. The van der Waals surface area contributed by atoms with E-state index in [9.17, 15) is 4.79 Å².